The molecule has 0 unspecified atom stereocenters. The highest BCUT2D eigenvalue weighted by Crippen LogP contribution is 2.45. The van der Waals surface area contributed by atoms with E-state index in [0.29, 0.717) is 18.2 Å². The minimum atomic E-state index is -0.369. The molecule has 2 aliphatic rings. The van der Waals surface area contributed by atoms with Crippen molar-refractivity contribution in [1.29, 1.82) is 0 Å². The van der Waals surface area contributed by atoms with E-state index in [0.717, 1.165) is 34.4 Å². The van der Waals surface area contributed by atoms with Crippen LogP contribution in [0.3, 0.4) is 0 Å². The van der Waals surface area contributed by atoms with Crippen molar-refractivity contribution in [3.63, 3.8) is 0 Å². The lowest BCUT2D eigenvalue weighted by Crippen LogP contribution is -2.36. The molecular formula is C24H24N4O2. The van der Waals surface area contributed by atoms with E-state index in [1.807, 2.05) is 37.3 Å². The molecule has 5 rings (SSSR count). The number of ketones is 1. The normalized spacial score (nSPS) is 19.8. The Labute approximate surface area is 175 Å². The summed E-state index contributed by atoms with van der Waals surface area (Å²) in [6.45, 7) is 6.27. The maximum Gasteiger partial charge on any atom is 0.226 e. The fourth-order valence-electron chi connectivity index (χ4n) is 4.48. The number of aromatic hydroxyl groups is 1. The third-order valence-corrected chi connectivity index (χ3v) is 5.82. The Bertz CT molecular complexity index is 1190. The summed E-state index contributed by atoms with van der Waals surface area (Å²) < 4.78 is 1.80. The number of nitrogens with zero attached hydrogens (tertiary/aromatic N) is 3. The van der Waals surface area contributed by atoms with Crippen LogP contribution in [0, 0.1) is 12.3 Å². The Balaban J connectivity index is 1.68. The molecule has 30 heavy (non-hydrogen) atoms. The van der Waals surface area contributed by atoms with E-state index < -0.39 is 0 Å². The largest absolute Gasteiger partial charge is 0.508 e. The number of fused-ring (bicyclic) bond motifs is 1. The van der Waals surface area contributed by atoms with E-state index in [9.17, 15) is 9.90 Å². The van der Waals surface area contributed by atoms with Crippen molar-refractivity contribution in [3.8, 4) is 17.1 Å². The first-order valence-electron chi connectivity index (χ1n) is 10.2. The van der Waals surface area contributed by atoms with Crippen molar-refractivity contribution in [3.05, 3.63) is 70.9 Å². The summed E-state index contributed by atoms with van der Waals surface area (Å²) >= 11 is 0. The molecule has 3 aromatic rings. The first kappa shape index (κ1) is 18.6. The number of hydrogen-bond donors (Lipinski definition) is 2. The summed E-state index contributed by atoms with van der Waals surface area (Å²) in [5, 5.41) is 18.0. The van der Waals surface area contributed by atoms with Gasteiger partial charge in [-0.05, 0) is 42.5 Å². The summed E-state index contributed by atoms with van der Waals surface area (Å²) in [5.41, 5.74) is 4.53. The fraction of sp³-hybridized carbons (Fsp3) is 0.292. The molecule has 0 spiro atoms. The summed E-state index contributed by atoms with van der Waals surface area (Å²) in [5.74, 6) is 1.58. The molecule has 0 saturated carbocycles. The monoisotopic (exact) mass is 400 g/mol. The van der Waals surface area contributed by atoms with Crippen molar-refractivity contribution in [1.82, 2.24) is 14.8 Å². The number of rotatable bonds is 2. The van der Waals surface area contributed by atoms with E-state index in [4.69, 9.17) is 10.1 Å². The summed E-state index contributed by atoms with van der Waals surface area (Å²) in [4.78, 5) is 18.0. The molecule has 1 aromatic heterocycles. The second kappa shape index (κ2) is 6.55. The summed E-state index contributed by atoms with van der Waals surface area (Å²) in [6.07, 6.45) is 1.27. The average Bonchev–Trinajstić information content (AvgIpc) is 3.10. The third-order valence-electron chi connectivity index (χ3n) is 5.82. The second-order valence-corrected chi connectivity index (χ2v) is 9.03. The van der Waals surface area contributed by atoms with Gasteiger partial charge < -0.3 is 10.4 Å². The lowest BCUT2D eigenvalue weighted by molar-refractivity contribution is -0.118. The zero-order chi connectivity index (χ0) is 21.0. The average molecular weight is 400 g/mol. The van der Waals surface area contributed by atoms with E-state index in [-0.39, 0.29) is 23.0 Å². The van der Waals surface area contributed by atoms with Crippen LogP contribution in [0.15, 0.2) is 59.8 Å². The van der Waals surface area contributed by atoms with Gasteiger partial charge in [-0.2, -0.15) is 4.98 Å². The van der Waals surface area contributed by atoms with Gasteiger partial charge in [0.05, 0.1) is 0 Å². The zero-order valence-electron chi connectivity index (χ0n) is 17.3. The van der Waals surface area contributed by atoms with Gasteiger partial charge in [-0.3, -0.25) is 4.79 Å². The van der Waals surface area contributed by atoms with Crippen molar-refractivity contribution < 1.29 is 9.90 Å². The molecule has 6 nitrogen and oxygen atoms in total. The van der Waals surface area contributed by atoms with Crippen LogP contribution >= 0.6 is 0 Å². The highest BCUT2D eigenvalue weighted by atomic mass is 16.3. The van der Waals surface area contributed by atoms with Crippen molar-refractivity contribution in [2.75, 3.05) is 5.32 Å². The third kappa shape index (κ3) is 3.09. The standard InChI is InChI=1S/C24H24N4O2/c1-14-5-4-6-16(11-14)22-26-23-25-18-12-24(2,3)13-19(30)20(18)21(28(23)27-22)15-7-9-17(29)10-8-15/h4-11,21,29H,12-13H2,1-3H3,(H,25,26,27)/t21-/m0/s1. The Morgan fingerprint density at radius 3 is 2.63 bits per heavy atom. The van der Waals surface area contributed by atoms with Crippen molar-refractivity contribution in [2.24, 2.45) is 5.41 Å². The Hall–Kier alpha value is -3.41. The molecule has 2 N–H and O–H groups in total. The molecule has 1 aliphatic carbocycles. The zero-order valence-corrected chi connectivity index (χ0v) is 17.3. The minimum absolute atomic E-state index is 0.107. The van der Waals surface area contributed by atoms with Crippen LogP contribution in [0.2, 0.25) is 0 Å². The molecule has 0 amide bonds. The number of anilines is 1. The SMILES string of the molecule is Cc1cccc(-c2nc3n(n2)[C@@H](c2ccc(O)cc2)C2=C(CC(C)(C)CC2=O)N3)c1. The van der Waals surface area contributed by atoms with Crippen LogP contribution in [0.5, 0.6) is 5.75 Å². The highest BCUT2D eigenvalue weighted by Gasteiger charge is 2.41. The number of phenols is 1. The van der Waals surface area contributed by atoms with E-state index in [2.05, 4.69) is 25.2 Å². The van der Waals surface area contributed by atoms with Gasteiger partial charge in [0.2, 0.25) is 5.95 Å². The number of nitrogens with one attached hydrogen (secondary N) is 1. The molecule has 1 aliphatic heterocycles. The van der Waals surface area contributed by atoms with Gasteiger partial charge in [0.25, 0.3) is 0 Å². The first-order valence-corrected chi connectivity index (χ1v) is 10.2. The lowest BCUT2D eigenvalue weighted by Gasteiger charge is -2.38. The van der Waals surface area contributed by atoms with Gasteiger partial charge in [-0.15, -0.1) is 5.10 Å². The van der Waals surface area contributed by atoms with E-state index >= 15 is 0 Å². The second-order valence-electron chi connectivity index (χ2n) is 9.03. The van der Waals surface area contributed by atoms with Crippen LogP contribution in [0.4, 0.5) is 5.95 Å². The fourth-order valence-corrected chi connectivity index (χ4v) is 4.48. The highest BCUT2D eigenvalue weighted by molar-refractivity contribution is 6.00. The number of benzene rings is 2. The van der Waals surface area contributed by atoms with Crippen molar-refractivity contribution >= 4 is 11.7 Å². The van der Waals surface area contributed by atoms with Crippen molar-refractivity contribution in [2.45, 2.75) is 39.7 Å². The quantitative estimate of drug-likeness (QED) is 0.656. The number of Topliss-reactive ketones (excluding diaryl/α,β-unsaturated/α-hetero) is 1. The molecule has 1 atom stereocenters. The topological polar surface area (TPSA) is 80.0 Å². The molecule has 0 fully saturated rings. The molecule has 2 aromatic carbocycles. The number of carbonyl (C=O) groups excluding carboxylic acids is 1. The van der Waals surface area contributed by atoms with Gasteiger partial charge >= 0.3 is 0 Å². The Morgan fingerprint density at radius 1 is 1.13 bits per heavy atom. The number of phenolic OH excluding ortho intramolecular Hbond substituents is 1. The van der Waals surface area contributed by atoms with Crippen LogP contribution in [0.1, 0.15) is 43.9 Å². The minimum Gasteiger partial charge on any atom is -0.508 e. The molecular weight excluding hydrogens is 376 g/mol. The maximum absolute atomic E-state index is 13.2. The van der Waals surface area contributed by atoms with Gasteiger partial charge in [-0.25, -0.2) is 4.68 Å². The van der Waals surface area contributed by atoms with Crippen LogP contribution in [-0.4, -0.2) is 25.7 Å². The summed E-state index contributed by atoms with van der Waals surface area (Å²) in [6, 6.07) is 14.7. The van der Waals surface area contributed by atoms with Crippen LogP contribution in [-0.2, 0) is 4.79 Å². The summed E-state index contributed by atoms with van der Waals surface area (Å²) in [7, 11) is 0. The maximum atomic E-state index is 13.2. The molecule has 0 saturated heterocycles. The molecule has 6 heteroatoms. The number of hydrogen-bond acceptors (Lipinski definition) is 5. The predicted molar refractivity (Wildman–Crippen MR) is 115 cm³/mol. The van der Waals surface area contributed by atoms with Gasteiger partial charge in [0.15, 0.2) is 11.6 Å². The first-order chi connectivity index (χ1) is 14.3. The number of aryl methyl sites for hydroxylation is 1. The number of carbonyl (C=O) groups is 1. The van der Waals surface area contributed by atoms with E-state index in [1.165, 1.54) is 0 Å². The molecule has 152 valence electrons. The lowest BCUT2D eigenvalue weighted by atomic mass is 9.73. The van der Waals surface area contributed by atoms with Crippen LogP contribution in [0.25, 0.3) is 11.4 Å². The number of allylic oxidation sites excluding steroid dienone is 2. The Kier molecular flexibility index (Phi) is 4.07. The van der Waals surface area contributed by atoms with Gasteiger partial charge in [-0.1, -0.05) is 49.7 Å². The van der Waals surface area contributed by atoms with Gasteiger partial charge in [0, 0.05) is 23.3 Å². The van der Waals surface area contributed by atoms with E-state index in [1.54, 1.807) is 16.8 Å². The molecule has 0 bridgehead atoms. The number of aromatic nitrogens is 3. The van der Waals surface area contributed by atoms with Gasteiger partial charge in [0.1, 0.15) is 11.8 Å². The van der Waals surface area contributed by atoms with Crippen LogP contribution < -0.4 is 5.32 Å². The Morgan fingerprint density at radius 2 is 1.90 bits per heavy atom. The predicted octanol–water partition coefficient (Wildman–Crippen LogP) is 4.62. The molecule has 2 heterocycles. The molecule has 0 radical (unpaired) electrons. The smallest absolute Gasteiger partial charge is 0.226 e.